The normalized spacial score (nSPS) is 14.8. The minimum Gasteiger partial charge on any atom is -0.394 e. The van der Waals surface area contributed by atoms with Gasteiger partial charge in [0.15, 0.2) is 0 Å². The van der Waals surface area contributed by atoms with Crippen molar-refractivity contribution >= 4 is 10.1 Å². The molecule has 0 saturated heterocycles. The minimum absolute atomic E-state index is 0.134. The zero-order valence-electron chi connectivity index (χ0n) is 6.23. The highest BCUT2D eigenvalue weighted by atomic mass is 32.2. The summed E-state index contributed by atoms with van der Waals surface area (Å²) in [6, 6.07) is 0. The lowest BCUT2D eigenvalue weighted by Gasteiger charge is -2.06. The Kier molecular flexibility index (Phi) is 4.58. The van der Waals surface area contributed by atoms with Gasteiger partial charge >= 0.3 is 0 Å². The van der Waals surface area contributed by atoms with E-state index < -0.39 is 22.8 Å². The highest BCUT2D eigenvalue weighted by molar-refractivity contribution is 7.86. The molecule has 0 heterocycles. The number of hydrogen-bond donors (Lipinski definition) is 2. The molecule has 0 aromatic carbocycles. The third-order valence-corrected chi connectivity index (χ3v) is 2.21. The summed E-state index contributed by atoms with van der Waals surface area (Å²) in [5.74, 6) is -0.134. The zero-order valence-corrected chi connectivity index (χ0v) is 7.04. The van der Waals surface area contributed by atoms with Crippen LogP contribution in [0.15, 0.2) is 0 Å². The summed E-state index contributed by atoms with van der Waals surface area (Å²) in [4.78, 5) is 0. The quantitative estimate of drug-likeness (QED) is 0.519. The van der Waals surface area contributed by atoms with E-state index in [1.54, 1.807) is 0 Å². The van der Waals surface area contributed by atoms with Gasteiger partial charge in [-0.3, -0.25) is 4.18 Å². The van der Waals surface area contributed by atoms with Gasteiger partial charge in [-0.1, -0.05) is 0 Å². The molecule has 2 N–H and O–H groups in total. The Bertz CT molecular complexity index is 185. The second-order valence-corrected chi connectivity index (χ2v) is 3.90. The molecular weight excluding hydrogens is 172 g/mol. The van der Waals surface area contributed by atoms with Crippen molar-refractivity contribution < 1.29 is 22.8 Å². The molecule has 0 aliphatic heterocycles. The summed E-state index contributed by atoms with van der Waals surface area (Å²) in [6.07, 6.45) is -1.13. The molecule has 0 aromatic heterocycles. The predicted octanol–water partition coefficient (Wildman–Crippen LogP) is -1.29. The predicted molar refractivity (Wildman–Crippen MR) is 38.5 cm³/mol. The average molecular weight is 184 g/mol. The first-order valence-electron chi connectivity index (χ1n) is 3.18. The number of rotatable bonds is 5. The Morgan fingerprint density at radius 3 is 2.45 bits per heavy atom. The van der Waals surface area contributed by atoms with Gasteiger partial charge in [0.1, 0.15) is 6.10 Å². The Labute approximate surface area is 65.7 Å². The summed E-state index contributed by atoms with van der Waals surface area (Å²) in [6.45, 7) is 0.548. The maximum atomic E-state index is 10.6. The van der Waals surface area contributed by atoms with E-state index in [2.05, 4.69) is 4.18 Å². The second kappa shape index (κ2) is 4.66. The van der Waals surface area contributed by atoms with Gasteiger partial charge in [-0.05, 0) is 6.92 Å². The van der Waals surface area contributed by atoms with Gasteiger partial charge in [0.25, 0.3) is 10.1 Å². The highest BCUT2D eigenvalue weighted by Crippen LogP contribution is 1.93. The van der Waals surface area contributed by atoms with Crippen LogP contribution in [0, 0.1) is 0 Å². The van der Waals surface area contributed by atoms with Crippen LogP contribution in [0.1, 0.15) is 6.92 Å². The monoisotopic (exact) mass is 184 g/mol. The molecule has 1 atom stereocenters. The Morgan fingerprint density at radius 1 is 1.55 bits per heavy atom. The number of hydrogen-bond acceptors (Lipinski definition) is 5. The average Bonchev–Trinajstić information content (AvgIpc) is 2.00. The first kappa shape index (κ1) is 10.8. The lowest BCUT2D eigenvalue weighted by molar-refractivity contribution is 0.0558. The van der Waals surface area contributed by atoms with E-state index in [-0.39, 0.29) is 12.4 Å². The Morgan fingerprint density at radius 2 is 2.09 bits per heavy atom. The molecule has 0 radical (unpaired) electrons. The zero-order chi connectivity index (χ0) is 8.91. The van der Waals surface area contributed by atoms with E-state index >= 15 is 0 Å². The van der Waals surface area contributed by atoms with Crippen LogP contribution in [0.4, 0.5) is 0 Å². The summed E-state index contributed by atoms with van der Waals surface area (Å²) in [5, 5.41) is 17.0. The topological polar surface area (TPSA) is 83.8 Å². The fraction of sp³-hybridized carbons (Fsp3) is 1.00. The summed E-state index contributed by atoms with van der Waals surface area (Å²) >= 11 is 0. The molecule has 0 aliphatic carbocycles. The minimum atomic E-state index is -3.50. The lowest BCUT2D eigenvalue weighted by atomic mass is 10.4. The van der Waals surface area contributed by atoms with Gasteiger partial charge in [-0.25, -0.2) is 0 Å². The maximum Gasteiger partial charge on any atom is 0.267 e. The molecule has 11 heavy (non-hydrogen) atoms. The molecule has 5 nitrogen and oxygen atoms in total. The first-order chi connectivity index (χ1) is 5.02. The molecular formula is C5H12O5S. The van der Waals surface area contributed by atoms with Crippen molar-refractivity contribution in [2.75, 3.05) is 19.0 Å². The summed E-state index contributed by atoms with van der Waals surface area (Å²) in [5.41, 5.74) is 0. The molecule has 0 fully saturated rings. The third kappa shape index (κ3) is 5.14. The molecule has 68 valence electrons. The van der Waals surface area contributed by atoms with Crippen molar-refractivity contribution in [3.63, 3.8) is 0 Å². The van der Waals surface area contributed by atoms with E-state index in [0.717, 1.165) is 0 Å². The van der Waals surface area contributed by atoms with Crippen LogP contribution >= 0.6 is 0 Å². The SMILES string of the molecule is CCS(=O)(=O)OCC(O)CO. The van der Waals surface area contributed by atoms with Crippen molar-refractivity contribution in [1.82, 2.24) is 0 Å². The molecule has 0 aliphatic rings. The molecule has 0 saturated carbocycles. The second-order valence-electron chi connectivity index (χ2n) is 1.97. The number of aliphatic hydroxyl groups excluding tert-OH is 2. The van der Waals surface area contributed by atoms with Crippen LogP contribution < -0.4 is 0 Å². The molecule has 0 aromatic rings. The molecule has 0 spiro atoms. The van der Waals surface area contributed by atoms with Crippen molar-refractivity contribution in [2.45, 2.75) is 13.0 Å². The lowest BCUT2D eigenvalue weighted by Crippen LogP contribution is -2.22. The molecule has 0 bridgehead atoms. The number of aliphatic hydroxyl groups is 2. The van der Waals surface area contributed by atoms with Crippen molar-refractivity contribution in [2.24, 2.45) is 0 Å². The Hall–Kier alpha value is -0.170. The van der Waals surface area contributed by atoms with Gasteiger partial charge in [-0.15, -0.1) is 0 Å². The van der Waals surface area contributed by atoms with Gasteiger partial charge in [0.05, 0.1) is 19.0 Å². The van der Waals surface area contributed by atoms with Gasteiger partial charge < -0.3 is 10.2 Å². The highest BCUT2D eigenvalue weighted by Gasteiger charge is 2.10. The fourth-order valence-electron chi connectivity index (χ4n) is 0.318. The van der Waals surface area contributed by atoms with Crippen molar-refractivity contribution in [3.8, 4) is 0 Å². The summed E-state index contributed by atoms with van der Waals surface area (Å²) < 4.78 is 25.5. The Balaban J connectivity index is 3.71. The van der Waals surface area contributed by atoms with Crippen LogP contribution in [-0.4, -0.2) is 43.7 Å². The first-order valence-corrected chi connectivity index (χ1v) is 4.75. The van der Waals surface area contributed by atoms with Gasteiger partial charge in [-0.2, -0.15) is 8.42 Å². The van der Waals surface area contributed by atoms with Crippen LogP contribution in [0.5, 0.6) is 0 Å². The largest absolute Gasteiger partial charge is 0.394 e. The van der Waals surface area contributed by atoms with E-state index in [1.165, 1.54) is 6.92 Å². The van der Waals surface area contributed by atoms with E-state index in [4.69, 9.17) is 10.2 Å². The van der Waals surface area contributed by atoms with Gasteiger partial charge in [0.2, 0.25) is 0 Å². The molecule has 0 amide bonds. The van der Waals surface area contributed by atoms with Crippen LogP contribution in [-0.2, 0) is 14.3 Å². The third-order valence-electron chi connectivity index (χ3n) is 1.00. The smallest absolute Gasteiger partial charge is 0.267 e. The van der Waals surface area contributed by atoms with Gasteiger partial charge in [0, 0.05) is 0 Å². The van der Waals surface area contributed by atoms with Crippen molar-refractivity contribution in [1.29, 1.82) is 0 Å². The molecule has 0 rings (SSSR count). The van der Waals surface area contributed by atoms with E-state index in [9.17, 15) is 8.42 Å². The van der Waals surface area contributed by atoms with Crippen molar-refractivity contribution in [3.05, 3.63) is 0 Å². The fourth-order valence-corrected chi connectivity index (χ4v) is 0.849. The maximum absolute atomic E-state index is 10.6. The van der Waals surface area contributed by atoms with Crippen LogP contribution in [0.2, 0.25) is 0 Å². The van der Waals surface area contributed by atoms with E-state index in [1.807, 2.05) is 0 Å². The standard InChI is InChI=1S/C5H12O5S/c1-2-11(8,9)10-4-5(7)3-6/h5-7H,2-4H2,1H3. The van der Waals surface area contributed by atoms with E-state index in [0.29, 0.717) is 0 Å². The van der Waals surface area contributed by atoms with Crippen LogP contribution in [0.3, 0.4) is 0 Å². The summed E-state index contributed by atoms with van der Waals surface area (Å²) in [7, 11) is -3.50. The van der Waals surface area contributed by atoms with Crippen LogP contribution in [0.25, 0.3) is 0 Å². The molecule has 1 unspecified atom stereocenters. The molecule has 6 heteroatoms.